The number of fused-ring (bicyclic) bond motifs is 2. The standard InChI is InChI=1S/C17H12N4O3/c1-20-9-12(11-4-2-3-5-15(11)20)16-17(22)19-14-8-10(21(23)24)6-7-13(14)18-16/h2-9H,1H3,(H,19,22). The molecule has 4 rings (SSSR count). The summed E-state index contributed by atoms with van der Waals surface area (Å²) in [6.45, 7) is 0. The van der Waals surface area contributed by atoms with Crippen LogP contribution in [0.15, 0.2) is 53.5 Å². The molecule has 7 nitrogen and oxygen atoms in total. The second-order valence-electron chi connectivity index (χ2n) is 5.54. The summed E-state index contributed by atoms with van der Waals surface area (Å²) in [5, 5.41) is 11.8. The summed E-state index contributed by atoms with van der Waals surface area (Å²) in [5.74, 6) is 0. The van der Waals surface area contributed by atoms with Gasteiger partial charge in [-0.25, -0.2) is 4.98 Å². The van der Waals surface area contributed by atoms with Crippen molar-refractivity contribution in [3.05, 3.63) is 69.1 Å². The molecular formula is C17H12N4O3. The summed E-state index contributed by atoms with van der Waals surface area (Å²) in [4.78, 5) is 29.9. The zero-order valence-electron chi connectivity index (χ0n) is 12.7. The number of aromatic nitrogens is 3. The van der Waals surface area contributed by atoms with Crippen molar-refractivity contribution in [1.82, 2.24) is 14.5 Å². The molecule has 0 amide bonds. The number of rotatable bonds is 2. The Kier molecular flexibility index (Phi) is 2.96. The molecule has 0 unspecified atom stereocenters. The number of hydrogen-bond donors (Lipinski definition) is 1. The summed E-state index contributed by atoms with van der Waals surface area (Å²) < 4.78 is 1.94. The maximum absolute atomic E-state index is 12.5. The van der Waals surface area contributed by atoms with Gasteiger partial charge in [-0.15, -0.1) is 0 Å². The Hall–Kier alpha value is -3.48. The Morgan fingerprint density at radius 1 is 1.21 bits per heavy atom. The zero-order valence-corrected chi connectivity index (χ0v) is 12.7. The van der Waals surface area contributed by atoms with Gasteiger partial charge in [-0.3, -0.25) is 14.9 Å². The lowest BCUT2D eigenvalue weighted by Crippen LogP contribution is -2.11. The molecular weight excluding hydrogens is 308 g/mol. The lowest BCUT2D eigenvalue weighted by atomic mass is 10.1. The van der Waals surface area contributed by atoms with Crippen molar-refractivity contribution >= 4 is 27.6 Å². The molecule has 0 atom stereocenters. The number of aryl methyl sites for hydroxylation is 1. The van der Waals surface area contributed by atoms with Gasteiger partial charge in [-0.2, -0.15) is 0 Å². The fraction of sp³-hybridized carbons (Fsp3) is 0.0588. The van der Waals surface area contributed by atoms with Gasteiger partial charge in [0, 0.05) is 41.8 Å². The Morgan fingerprint density at radius 2 is 2.00 bits per heavy atom. The van der Waals surface area contributed by atoms with Crippen LogP contribution in [0.3, 0.4) is 0 Å². The van der Waals surface area contributed by atoms with E-state index in [1.165, 1.54) is 18.2 Å². The van der Waals surface area contributed by atoms with Crippen LogP contribution in [-0.4, -0.2) is 19.5 Å². The number of hydrogen-bond acceptors (Lipinski definition) is 4. The van der Waals surface area contributed by atoms with E-state index in [-0.39, 0.29) is 11.2 Å². The average molecular weight is 320 g/mol. The van der Waals surface area contributed by atoms with Crippen molar-refractivity contribution in [2.24, 2.45) is 7.05 Å². The van der Waals surface area contributed by atoms with Crippen LogP contribution in [0.1, 0.15) is 0 Å². The molecule has 1 N–H and O–H groups in total. The van der Waals surface area contributed by atoms with Crippen LogP contribution >= 0.6 is 0 Å². The van der Waals surface area contributed by atoms with Crippen LogP contribution in [0, 0.1) is 10.1 Å². The Morgan fingerprint density at radius 3 is 2.79 bits per heavy atom. The van der Waals surface area contributed by atoms with Gasteiger partial charge >= 0.3 is 0 Å². The summed E-state index contributed by atoms with van der Waals surface area (Å²) in [6, 6.07) is 12.0. The van der Waals surface area contributed by atoms with E-state index < -0.39 is 4.92 Å². The number of nitro benzene ring substituents is 1. The fourth-order valence-electron chi connectivity index (χ4n) is 2.90. The number of nitrogens with one attached hydrogen (secondary N) is 1. The van der Waals surface area contributed by atoms with Crippen LogP contribution in [0.4, 0.5) is 5.69 Å². The van der Waals surface area contributed by atoms with Crippen LogP contribution in [0.25, 0.3) is 33.2 Å². The molecule has 7 heteroatoms. The number of non-ortho nitro benzene ring substituents is 1. The maximum atomic E-state index is 12.5. The van der Waals surface area contributed by atoms with Gasteiger partial charge < -0.3 is 9.55 Å². The molecule has 0 aliphatic rings. The SMILES string of the molecule is Cn1cc(-c2nc3ccc([N+](=O)[O-])cc3[nH]c2=O)c2ccccc21. The molecule has 118 valence electrons. The Balaban J connectivity index is 2.00. The number of aromatic amines is 1. The normalized spacial score (nSPS) is 11.2. The van der Waals surface area contributed by atoms with Crippen molar-refractivity contribution in [3.63, 3.8) is 0 Å². The monoisotopic (exact) mass is 320 g/mol. The van der Waals surface area contributed by atoms with E-state index in [0.29, 0.717) is 16.7 Å². The number of benzene rings is 2. The lowest BCUT2D eigenvalue weighted by Gasteiger charge is -2.02. The van der Waals surface area contributed by atoms with E-state index in [9.17, 15) is 14.9 Å². The molecule has 2 heterocycles. The summed E-state index contributed by atoms with van der Waals surface area (Å²) in [5.41, 5.74) is 2.42. The number of para-hydroxylation sites is 1. The molecule has 4 aromatic rings. The number of H-pyrrole nitrogens is 1. The minimum absolute atomic E-state index is 0.0853. The van der Waals surface area contributed by atoms with Crippen LogP contribution in [0.5, 0.6) is 0 Å². The fourth-order valence-corrected chi connectivity index (χ4v) is 2.90. The van der Waals surface area contributed by atoms with Crippen molar-refractivity contribution in [1.29, 1.82) is 0 Å². The summed E-state index contributed by atoms with van der Waals surface area (Å²) in [7, 11) is 1.91. The predicted octanol–water partition coefficient (Wildman–Crippen LogP) is 2.99. The minimum Gasteiger partial charge on any atom is -0.350 e. The number of nitrogens with zero attached hydrogens (tertiary/aromatic N) is 3. The third-order valence-electron chi connectivity index (χ3n) is 4.04. The lowest BCUT2D eigenvalue weighted by molar-refractivity contribution is -0.384. The number of nitro groups is 1. The third kappa shape index (κ3) is 2.06. The van der Waals surface area contributed by atoms with E-state index in [1.807, 2.05) is 42.1 Å². The maximum Gasteiger partial charge on any atom is 0.275 e. The van der Waals surface area contributed by atoms with Crippen molar-refractivity contribution in [2.75, 3.05) is 0 Å². The van der Waals surface area contributed by atoms with E-state index in [0.717, 1.165) is 16.5 Å². The predicted molar refractivity (Wildman–Crippen MR) is 90.9 cm³/mol. The molecule has 0 spiro atoms. The van der Waals surface area contributed by atoms with Crippen molar-refractivity contribution in [3.8, 4) is 11.3 Å². The van der Waals surface area contributed by atoms with Gasteiger partial charge in [0.2, 0.25) is 0 Å². The Labute approximate surface area is 135 Å². The van der Waals surface area contributed by atoms with E-state index in [1.54, 1.807) is 0 Å². The molecule has 0 radical (unpaired) electrons. The third-order valence-corrected chi connectivity index (χ3v) is 4.04. The van der Waals surface area contributed by atoms with Crippen molar-refractivity contribution in [2.45, 2.75) is 0 Å². The first-order valence-corrected chi connectivity index (χ1v) is 7.27. The molecule has 2 aromatic carbocycles. The van der Waals surface area contributed by atoms with Gasteiger partial charge in [0.1, 0.15) is 5.69 Å². The van der Waals surface area contributed by atoms with E-state index >= 15 is 0 Å². The van der Waals surface area contributed by atoms with E-state index in [2.05, 4.69) is 9.97 Å². The zero-order chi connectivity index (χ0) is 16.8. The topological polar surface area (TPSA) is 93.8 Å². The first-order valence-electron chi connectivity index (χ1n) is 7.27. The Bertz CT molecular complexity index is 1170. The van der Waals surface area contributed by atoms with Crippen LogP contribution in [0.2, 0.25) is 0 Å². The van der Waals surface area contributed by atoms with Crippen LogP contribution in [-0.2, 0) is 7.05 Å². The quantitative estimate of drug-likeness (QED) is 0.454. The molecule has 0 aliphatic heterocycles. The molecule has 0 saturated carbocycles. The highest BCUT2D eigenvalue weighted by Gasteiger charge is 2.15. The summed E-state index contributed by atoms with van der Waals surface area (Å²) in [6.07, 6.45) is 1.86. The highest BCUT2D eigenvalue weighted by atomic mass is 16.6. The smallest absolute Gasteiger partial charge is 0.275 e. The highest BCUT2D eigenvalue weighted by Crippen LogP contribution is 2.28. The minimum atomic E-state index is -0.504. The second-order valence-corrected chi connectivity index (χ2v) is 5.54. The average Bonchev–Trinajstić information content (AvgIpc) is 2.91. The largest absolute Gasteiger partial charge is 0.350 e. The first kappa shape index (κ1) is 14.1. The second kappa shape index (κ2) is 5.02. The molecule has 0 saturated heterocycles. The van der Waals surface area contributed by atoms with Crippen LogP contribution < -0.4 is 5.56 Å². The summed E-state index contributed by atoms with van der Waals surface area (Å²) >= 11 is 0. The molecule has 0 fully saturated rings. The van der Waals surface area contributed by atoms with Gasteiger partial charge in [-0.1, -0.05) is 18.2 Å². The van der Waals surface area contributed by atoms with Crippen molar-refractivity contribution < 1.29 is 4.92 Å². The highest BCUT2D eigenvalue weighted by molar-refractivity contribution is 5.95. The van der Waals surface area contributed by atoms with E-state index in [4.69, 9.17) is 0 Å². The first-order chi connectivity index (χ1) is 11.5. The molecule has 2 aromatic heterocycles. The van der Waals surface area contributed by atoms with Gasteiger partial charge in [0.25, 0.3) is 11.2 Å². The van der Waals surface area contributed by atoms with Gasteiger partial charge in [0.15, 0.2) is 0 Å². The van der Waals surface area contributed by atoms with Gasteiger partial charge in [0.05, 0.1) is 16.0 Å². The van der Waals surface area contributed by atoms with Gasteiger partial charge in [-0.05, 0) is 12.1 Å². The molecule has 24 heavy (non-hydrogen) atoms. The molecule has 0 bridgehead atoms. The molecule has 0 aliphatic carbocycles.